The van der Waals surface area contributed by atoms with Gasteiger partial charge >= 0.3 is 0 Å². The number of pyridine rings is 1. The Balaban J connectivity index is 0.00000169. The summed E-state index contributed by atoms with van der Waals surface area (Å²) in [6.45, 7) is 0. The molecular weight excluding hydrogens is 217 g/mol. The third-order valence-corrected chi connectivity index (χ3v) is 1.58. The van der Waals surface area contributed by atoms with Crippen molar-refractivity contribution in [3.05, 3.63) is 23.9 Å². The smallest absolute Gasteiger partial charge is 0.273 e. The fraction of sp³-hybridized carbons (Fsp3) is 0.375. The first-order valence-corrected chi connectivity index (χ1v) is 3.71. The highest BCUT2D eigenvalue weighted by Crippen LogP contribution is 2.24. The van der Waals surface area contributed by atoms with Crippen molar-refractivity contribution in [2.24, 2.45) is 0 Å². The van der Waals surface area contributed by atoms with Gasteiger partial charge < -0.3 is 5.32 Å². The van der Waals surface area contributed by atoms with E-state index in [1.165, 1.54) is 12.1 Å². The molecule has 14 heavy (non-hydrogen) atoms. The summed E-state index contributed by atoms with van der Waals surface area (Å²) in [4.78, 5) is 3.72. The van der Waals surface area contributed by atoms with Crippen LogP contribution in [0.3, 0.4) is 0 Å². The lowest BCUT2D eigenvalue weighted by atomic mass is 10.2. The Morgan fingerprint density at radius 2 is 1.93 bits per heavy atom. The second kappa shape index (κ2) is 5.70. The van der Waals surface area contributed by atoms with E-state index in [9.17, 15) is 13.2 Å². The zero-order valence-electron chi connectivity index (χ0n) is 7.38. The molecule has 0 amide bonds. The first-order chi connectivity index (χ1) is 6.15. The van der Waals surface area contributed by atoms with Gasteiger partial charge in [-0.1, -0.05) is 6.07 Å². The maximum atomic E-state index is 12.7. The standard InChI is InChI=1S/C8H9F3N2.ClH/c1-12-6-3-2-5(4-13-6)7(9)8(10)11;/h2-4,7-8H,1H3,(H,12,13);1H. The minimum absolute atomic E-state index is 0. The molecule has 0 aliphatic rings. The molecule has 2 nitrogen and oxygen atoms in total. The molecule has 80 valence electrons. The molecule has 0 radical (unpaired) electrons. The molecule has 0 aromatic carbocycles. The van der Waals surface area contributed by atoms with Crippen molar-refractivity contribution in [2.75, 3.05) is 12.4 Å². The van der Waals surface area contributed by atoms with E-state index >= 15 is 0 Å². The van der Waals surface area contributed by atoms with Crippen molar-refractivity contribution in [3.63, 3.8) is 0 Å². The Morgan fingerprint density at radius 3 is 2.29 bits per heavy atom. The number of anilines is 1. The monoisotopic (exact) mass is 226 g/mol. The van der Waals surface area contributed by atoms with Crippen LogP contribution in [0.5, 0.6) is 0 Å². The highest BCUT2D eigenvalue weighted by molar-refractivity contribution is 5.85. The van der Waals surface area contributed by atoms with Crippen LogP contribution < -0.4 is 5.32 Å². The van der Waals surface area contributed by atoms with Crippen molar-refractivity contribution in [1.29, 1.82) is 0 Å². The fourth-order valence-corrected chi connectivity index (χ4v) is 0.862. The number of nitrogens with one attached hydrogen (secondary N) is 1. The van der Waals surface area contributed by atoms with Crippen LogP contribution in [-0.4, -0.2) is 18.5 Å². The van der Waals surface area contributed by atoms with E-state index in [1.807, 2.05) is 0 Å². The van der Waals surface area contributed by atoms with Gasteiger partial charge in [0.25, 0.3) is 6.43 Å². The molecule has 6 heteroatoms. The van der Waals surface area contributed by atoms with Gasteiger partial charge in [0.05, 0.1) is 0 Å². The lowest BCUT2D eigenvalue weighted by Crippen LogP contribution is -2.04. The van der Waals surface area contributed by atoms with Gasteiger partial charge in [0.2, 0.25) is 0 Å². The van der Waals surface area contributed by atoms with Crippen LogP contribution >= 0.6 is 12.4 Å². The zero-order valence-corrected chi connectivity index (χ0v) is 8.19. The first kappa shape index (κ1) is 13.0. The van der Waals surface area contributed by atoms with Gasteiger partial charge in [-0.15, -0.1) is 12.4 Å². The number of halogens is 4. The molecular formula is C8H10ClF3N2. The van der Waals surface area contributed by atoms with Crippen LogP contribution in [0.4, 0.5) is 19.0 Å². The van der Waals surface area contributed by atoms with Gasteiger partial charge in [-0.05, 0) is 6.07 Å². The van der Waals surface area contributed by atoms with E-state index in [0.29, 0.717) is 5.82 Å². The largest absolute Gasteiger partial charge is 0.373 e. The van der Waals surface area contributed by atoms with Crippen molar-refractivity contribution in [2.45, 2.75) is 12.6 Å². The second-order valence-corrected chi connectivity index (χ2v) is 2.46. The number of hydrogen-bond acceptors (Lipinski definition) is 2. The molecule has 0 bridgehead atoms. The second-order valence-electron chi connectivity index (χ2n) is 2.46. The minimum Gasteiger partial charge on any atom is -0.373 e. The SMILES string of the molecule is CNc1ccc(C(F)C(F)F)cn1.Cl. The van der Waals surface area contributed by atoms with E-state index in [1.54, 1.807) is 7.05 Å². The Hall–Kier alpha value is -0.970. The molecule has 1 aromatic heterocycles. The van der Waals surface area contributed by atoms with Crippen molar-refractivity contribution >= 4 is 18.2 Å². The van der Waals surface area contributed by atoms with E-state index in [0.717, 1.165) is 6.20 Å². The molecule has 1 rings (SSSR count). The van der Waals surface area contributed by atoms with Gasteiger partial charge in [0.1, 0.15) is 5.82 Å². The van der Waals surface area contributed by atoms with Crippen LogP contribution in [-0.2, 0) is 0 Å². The highest BCUT2D eigenvalue weighted by Gasteiger charge is 2.21. The molecule has 1 atom stereocenters. The molecule has 1 N–H and O–H groups in total. The normalized spacial score (nSPS) is 12.1. The van der Waals surface area contributed by atoms with E-state index in [2.05, 4.69) is 10.3 Å². The summed E-state index contributed by atoms with van der Waals surface area (Å²) in [5.74, 6) is 0.519. The van der Waals surface area contributed by atoms with Crippen LogP contribution in [0.1, 0.15) is 11.7 Å². The third-order valence-electron chi connectivity index (χ3n) is 1.58. The number of nitrogens with zero attached hydrogens (tertiary/aromatic N) is 1. The molecule has 1 unspecified atom stereocenters. The van der Waals surface area contributed by atoms with E-state index in [-0.39, 0.29) is 18.0 Å². The zero-order chi connectivity index (χ0) is 9.84. The highest BCUT2D eigenvalue weighted by atomic mass is 35.5. The number of aromatic nitrogens is 1. The summed E-state index contributed by atoms with van der Waals surface area (Å²) in [5.41, 5.74) is -0.103. The maximum Gasteiger partial charge on any atom is 0.273 e. The lowest BCUT2D eigenvalue weighted by molar-refractivity contribution is 0.0494. The topological polar surface area (TPSA) is 24.9 Å². The molecule has 0 spiro atoms. The Morgan fingerprint density at radius 1 is 1.29 bits per heavy atom. The van der Waals surface area contributed by atoms with Gasteiger partial charge in [-0.2, -0.15) is 0 Å². The summed E-state index contributed by atoms with van der Waals surface area (Å²) >= 11 is 0. The van der Waals surface area contributed by atoms with Crippen molar-refractivity contribution in [3.8, 4) is 0 Å². The van der Waals surface area contributed by atoms with E-state index < -0.39 is 12.6 Å². The van der Waals surface area contributed by atoms with Crippen molar-refractivity contribution < 1.29 is 13.2 Å². The number of rotatable bonds is 3. The summed E-state index contributed by atoms with van der Waals surface area (Å²) in [5, 5.41) is 2.70. The van der Waals surface area contributed by atoms with Crippen LogP contribution in [0.25, 0.3) is 0 Å². The van der Waals surface area contributed by atoms with Gasteiger partial charge in [0.15, 0.2) is 6.17 Å². The van der Waals surface area contributed by atoms with Gasteiger partial charge in [0, 0.05) is 18.8 Å². The number of alkyl halides is 3. The average molecular weight is 227 g/mol. The maximum absolute atomic E-state index is 12.7. The Kier molecular flexibility index (Phi) is 5.30. The molecule has 0 saturated carbocycles. The quantitative estimate of drug-likeness (QED) is 0.857. The summed E-state index contributed by atoms with van der Waals surface area (Å²) in [6, 6.07) is 2.74. The first-order valence-electron chi connectivity index (χ1n) is 3.71. The molecule has 0 saturated heterocycles. The lowest BCUT2D eigenvalue weighted by Gasteiger charge is -2.06. The van der Waals surface area contributed by atoms with Crippen molar-refractivity contribution in [1.82, 2.24) is 4.98 Å². The minimum atomic E-state index is -3.00. The predicted octanol–water partition coefficient (Wildman–Crippen LogP) is 2.82. The summed E-state index contributed by atoms with van der Waals surface area (Å²) in [6.07, 6.45) is -4.15. The predicted molar refractivity (Wildman–Crippen MR) is 50.9 cm³/mol. The third kappa shape index (κ3) is 3.06. The molecule has 1 aromatic rings. The number of hydrogen-bond donors (Lipinski definition) is 1. The summed E-state index contributed by atoms with van der Waals surface area (Å²) < 4.78 is 36.4. The molecule has 0 aliphatic carbocycles. The Labute approximate surface area is 85.9 Å². The van der Waals surface area contributed by atoms with E-state index in [4.69, 9.17) is 0 Å². The van der Waals surface area contributed by atoms with Crippen LogP contribution in [0.15, 0.2) is 18.3 Å². The molecule has 0 aliphatic heterocycles. The molecule has 0 fully saturated rings. The van der Waals surface area contributed by atoms with Crippen LogP contribution in [0, 0.1) is 0 Å². The van der Waals surface area contributed by atoms with Gasteiger partial charge in [-0.3, -0.25) is 0 Å². The van der Waals surface area contributed by atoms with Crippen LogP contribution in [0.2, 0.25) is 0 Å². The summed E-state index contributed by atoms with van der Waals surface area (Å²) in [7, 11) is 1.64. The van der Waals surface area contributed by atoms with Gasteiger partial charge in [-0.25, -0.2) is 18.2 Å². The average Bonchev–Trinajstić information content (AvgIpc) is 2.17. The fourth-order valence-electron chi connectivity index (χ4n) is 0.862. The molecule has 1 heterocycles. The Bertz CT molecular complexity index is 266.